The first-order valence-corrected chi connectivity index (χ1v) is 3.20. The minimum absolute atomic E-state index is 0. The van der Waals surface area contributed by atoms with Crippen molar-refractivity contribution in [2.75, 3.05) is 0 Å². The lowest BCUT2D eigenvalue weighted by Crippen LogP contribution is -1.85. The summed E-state index contributed by atoms with van der Waals surface area (Å²) in [5.41, 5.74) is 1.30. The van der Waals surface area contributed by atoms with Gasteiger partial charge in [0.25, 0.3) is 0 Å². The van der Waals surface area contributed by atoms with Gasteiger partial charge in [0.1, 0.15) is 0 Å². The van der Waals surface area contributed by atoms with E-state index in [2.05, 4.69) is 24.9 Å². The molecule has 1 aromatic rings. The molecule has 56 valence electrons. The molecule has 0 saturated heterocycles. The van der Waals surface area contributed by atoms with Crippen LogP contribution in [0, 0.1) is 0 Å². The van der Waals surface area contributed by atoms with Crippen LogP contribution in [0.25, 0.3) is 0 Å². The Morgan fingerprint density at radius 3 is 2.40 bits per heavy atom. The summed E-state index contributed by atoms with van der Waals surface area (Å²) >= 11 is 0. The maximum atomic E-state index is 4.01. The molecule has 1 rings (SSSR count). The molecule has 10 heavy (non-hydrogen) atoms. The van der Waals surface area contributed by atoms with E-state index in [1.54, 1.807) is 6.20 Å². The predicted octanol–water partition coefficient (Wildman–Crippen LogP) is 2.37. The summed E-state index contributed by atoms with van der Waals surface area (Å²) in [6.07, 6.45) is 3.70. The topological polar surface area (TPSA) is 47.9 Å². The highest BCUT2D eigenvalue weighted by molar-refractivity contribution is 5.12. The molecular formula is C8H14N2. The Morgan fingerprint density at radius 2 is 2.10 bits per heavy atom. The predicted molar refractivity (Wildman–Crippen MR) is 43.3 cm³/mol. The molecule has 0 saturated carbocycles. The molecule has 0 fully saturated rings. The minimum Gasteiger partial charge on any atom is -0.344 e. The van der Waals surface area contributed by atoms with Crippen LogP contribution in [-0.4, -0.2) is 4.98 Å². The number of aromatic nitrogens is 1. The highest BCUT2D eigenvalue weighted by Gasteiger charge is 1.94. The zero-order valence-electron chi connectivity index (χ0n) is 6.54. The second-order valence-electron chi connectivity index (χ2n) is 2.44. The van der Waals surface area contributed by atoms with Crippen LogP contribution in [-0.2, 0) is 0 Å². The summed E-state index contributed by atoms with van der Waals surface area (Å²) in [6, 6.07) is 4.06. The van der Waals surface area contributed by atoms with E-state index in [-0.39, 0.29) is 6.15 Å². The average Bonchev–Trinajstić information content (AvgIpc) is 1.90. The molecule has 0 aliphatic heterocycles. The van der Waals surface area contributed by atoms with Gasteiger partial charge in [-0.05, 0) is 17.5 Å². The molecule has 3 N–H and O–H groups in total. The normalized spacial score (nSPS) is 9.10. The summed E-state index contributed by atoms with van der Waals surface area (Å²) in [7, 11) is 0. The third-order valence-electron chi connectivity index (χ3n) is 1.35. The van der Waals surface area contributed by atoms with E-state index in [4.69, 9.17) is 0 Å². The van der Waals surface area contributed by atoms with Gasteiger partial charge in [0.2, 0.25) is 0 Å². The fraction of sp³-hybridized carbons (Fsp3) is 0.375. The van der Waals surface area contributed by atoms with Crippen LogP contribution in [0.1, 0.15) is 25.3 Å². The molecular weight excluding hydrogens is 124 g/mol. The molecule has 0 atom stereocenters. The quantitative estimate of drug-likeness (QED) is 0.647. The molecule has 0 aromatic carbocycles. The van der Waals surface area contributed by atoms with Crippen LogP contribution in [0.4, 0.5) is 0 Å². The Bertz CT molecular complexity index is 170. The van der Waals surface area contributed by atoms with Gasteiger partial charge in [-0.15, -0.1) is 0 Å². The van der Waals surface area contributed by atoms with Gasteiger partial charge >= 0.3 is 0 Å². The van der Waals surface area contributed by atoms with Gasteiger partial charge in [0.15, 0.2) is 0 Å². The average molecular weight is 138 g/mol. The fourth-order valence-corrected chi connectivity index (χ4v) is 0.717. The second-order valence-corrected chi connectivity index (χ2v) is 2.44. The zero-order valence-corrected chi connectivity index (χ0v) is 6.54. The highest BCUT2D eigenvalue weighted by atomic mass is 14.6. The Balaban J connectivity index is 0.000000810. The Labute approximate surface area is 61.9 Å². The number of nitrogens with zero attached hydrogens (tertiary/aromatic N) is 1. The SMILES string of the molecule is CC(C)c1cccnc1.N. The first-order chi connectivity index (χ1) is 4.30. The maximum absolute atomic E-state index is 4.01. The van der Waals surface area contributed by atoms with Gasteiger partial charge in [-0.25, -0.2) is 0 Å². The van der Waals surface area contributed by atoms with E-state index in [9.17, 15) is 0 Å². The zero-order chi connectivity index (χ0) is 6.69. The summed E-state index contributed by atoms with van der Waals surface area (Å²) in [6.45, 7) is 4.33. The fourth-order valence-electron chi connectivity index (χ4n) is 0.717. The van der Waals surface area contributed by atoms with E-state index in [1.807, 2.05) is 12.3 Å². The Morgan fingerprint density at radius 1 is 1.40 bits per heavy atom. The number of rotatable bonds is 1. The number of hydrogen-bond donors (Lipinski definition) is 1. The summed E-state index contributed by atoms with van der Waals surface area (Å²) in [4.78, 5) is 4.01. The molecule has 0 spiro atoms. The van der Waals surface area contributed by atoms with Crippen LogP contribution in [0.3, 0.4) is 0 Å². The lowest BCUT2D eigenvalue weighted by Gasteiger charge is -2.00. The molecule has 1 heterocycles. The van der Waals surface area contributed by atoms with Gasteiger partial charge in [-0.2, -0.15) is 0 Å². The van der Waals surface area contributed by atoms with Crippen LogP contribution >= 0.6 is 0 Å². The third kappa shape index (κ3) is 2.15. The van der Waals surface area contributed by atoms with Crippen LogP contribution < -0.4 is 6.15 Å². The van der Waals surface area contributed by atoms with Crippen molar-refractivity contribution in [3.8, 4) is 0 Å². The Kier molecular flexibility index (Phi) is 3.65. The van der Waals surface area contributed by atoms with Gasteiger partial charge in [0.05, 0.1) is 0 Å². The van der Waals surface area contributed by atoms with Gasteiger partial charge in [-0.1, -0.05) is 19.9 Å². The van der Waals surface area contributed by atoms with Crippen molar-refractivity contribution >= 4 is 0 Å². The van der Waals surface area contributed by atoms with Crippen molar-refractivity contribution in [3.05, 3.63) is 30.1 Å². The molecule has 0 unspecified atom stereocenters. The number of pyridine rings is 1. The Hall–Kier alpha value is -0.890. The van der Waals surface area contributed by atoms with Crippen molar-refractivity contribution < 1.29 is 0 Å². The van der Waals surface area contributed by atoms with Crippen molar-refractivity contribution in [2.45, 2.75) is 19.8 Å². The minimum atomic E-state index is 0. The third-order valence-corrected chi connectivity index (χ3v) is 1.35. The van der Waals surface area contributed by atoms with Gasteiger partial charge in [0, 0.05) is 12.4 Å². The van der Waals surface area contributed by atoms with E-state index in [0.717, 1.165) is 0 Å². The molecule has 1 aromatic heterocycles. The second kappa shape index (κ2) is 4.01. The van der Waals surface area contributed by atoms with E-state index in [0.29, 0.717) is 5.92 Å². The van der Waals surface area contributed by atoms with E-state index < -0.39 is 0 Å². The monoisotopic (exact) mass is 138 g/mol. The maximum Gasteiger partial charge on any atom is 0.0302 e. The van der Waals surface area contributed by atoms with Crippen molar-refractivity contribution in [1.82, 2.24) is 11.1 Å². The summed E-state index contributed by atoms with van der Waals surface area (Å²) < 4.78 is 0. The molecule has 2 heteroatoms. The van der Waals surface area contributed by atoms with Crippen LogP contribution in [0.15, 0.2) is 24.5 Å². The smallest absolute Gasteiger partial charge is 0.0302 e. The molecule has 0 amide bonds. The van der Waals surface area contributed by atoms with Crippen molar-refractivity contribution in [3.63, 3.8) is 0 Å². The van der Waals surface area contributed by atoms with Gasteiger partial charge in [-0.3, -0.25) is 4.98 Å². The largest absolute Gasteiger partial charge is 0.344 e. The highest BCUT2D eigenvalue weighted by Crippen LogP contribution is 2.10. The lowest BCUT2D eigenvalue weighted by atomic mass is 10.1. The molecule has 0 radical (unpaired) electrons. The van der Waals surface area contributed by atoms with Crippen molar-refractivity contribution in [2.24, 2.45) is 0 Å². The molecule has 2 nitrogen and oxygen atoms in total. The first kappa shape index (κ1) is 9.11. The van der Waals surface area contributed by atoms with E-state index in [1.165, 1.54) is 5.56 Å². The van der Waals surface area contributed by atoms with Gasteiger partial charge < -0.3 is 6.15 Å². The summed E-state index contributed by atoms with van der Waals surface area (Å²) in [5.74, 6) is 0.596. The molecule has 0 aliphatic carbocycles. The van der Waals surface area contributed by atoms with E-state index >= 15 is 0 Å². The standard InChI is InChI=1S/C8H11N.H3N/c1-7(2)8-4-3-5-9-6-8;/h3-7H,1-2H3;1H3. The molecule has 0 bridgehead atoms. The number of hydrogen-bond acceptors (Lipinski definition) is 2. The van der Waals surface area contributed by atoms with Crippen LogP contribution in [0.2, 0.25) is 0 Å². The molecule has 0 aliphatic rings. The van der Waals surface area contributed by atoms with Crippen molar-refractivity contribution in [1.29, 1.82) is 0 Å². The van der Waals surface area contributed by atoms with Crippen LogP contribution in [0.5, 0.6) is 0 Å². The first-order valence-electron chi connectivity index (χ1n) is 3.20. The lowest BCUT2D eigenvalue weighted by molar-refractivity contribution is 0.858. The summed E-state index contributed by atoms with van der Waals surface area (Å²) in [5, 5.41) is 0.